The summed E-state index contributed by atoms with van der Waals surface area (Å²) in [6, 6.07) is 17.3. The monoisotopic (exact) mass is 362 g/mol. The largest absolute Gasteiger partial charge is 0.493 e. The number of ether oxygens (including phenoxy) is 1. The fraction of sp³-hybridized carbons (Fsp3) is 0.190. The van der Waals surface area contributed by atoms with Crippen molar-refractivity contribution in [1.29, 1.82) is 0 Å². The first-order valence-electron chi connectivity index (χ1n) is 8.91. The van der Waals surface area contributed by atoms with Crippen molar-refractivity contribution in [2.75, 3.05) is 6.61 Å². The molecule has 3 rings (SSSR count). The highest BCUT2D eigenvalue weighted by Crippen LogP contribution is 2.19. The lowest BCUT2D eigenvalue weighted by Crippen LogP contribution is -2.18. The van der Waals surface area contributed by atoms with Crippen LogP contribution in [0.4, 0.5) is 0 Å². The summed E-state index contributed by atoms with van der Waals surface area (Å²) in [5.74, 6) is 0.362. The molecule has 2 aromatic carbocycles. The highest BCUT2D eigenvalue weighted by Gasteiger charge is 2.10. The van der Waals surface area contributed by atoms with E-state index in [-0.39, 0.29) is 5.91 Å². The number of rotatable bonds is 7. The molecule has 0 aliphatic heterocycles. The summed E-state index contributed by atoms with van der Waals surface area (Å²) in [5, 5.41) is 11.0. The molecule has 0 saturated heterocycles. The summed E-state index contributed by atoms with van der Waals surface area (Å²) in [6.45, 7) is 4.59. The molecule has 6 nitrogen and oxygen atoms in total. The number of para-hydroxylation sites is 1. The van der Waals surface area contributed by atoms with Crippen LogP contribution in [-0.4, -0.2) is 28.9 Å². The molecule has 0 saturated carbocycles. The van der Waals surface area contributed by atoms with E-state index in [0.29, 0.717) is 18.0 Å². The van der Waals surface area contributed by atoms with Gasteiger partial charge in [0.1, 0.15) is 11.4 Å². The fourth-order valence-electron chi connectivity index (χ4n) is 2.59. The van der Waals surface area contributed by atoms with Crippen molar-refractivity contribution in [3.63, 3.8) is 0 Å². The molecule has 27 heavy (non-hydrogen) atoms. The van der Waals surface area contributed by atoms with Gasteiger partial charge in [-0.3, -0.25) is 9.89 Å². The minimum Gasteiger partial charge on any atom is -0.493 e. The van der Waals surface area contributed by atoms with Crippen LogP contribution >= 0.6 is 0 Å². The Hall–Kier alpha value is -3.41. The molecule has 0 fully saturated rings. The standard InChI is InChI=1S/C21H22N4O2/c1-3-15-9-11-16(12-10-15)18-13-19(24-23-18)21(26)25-22-14-17-7-5-6-8-20(17)27-4-2/h5-14H,3-4H2,1-2H3,(H,23,24)(H,25,26). The molecular formula is C21H22N4O2. The van der Waals surface area contributed by atoms with E-state index in [1.165, 1.54) is 5.56 Å². The maximum atomic E-state index is 12.3. The molecule has 1 heterocycles. The van der Waals surface area contributed by atoms with Gasteiger partial charge in [-0.15, -0.1) is 0 Å². The van der Waals surface area contributed by atoms with Crippen LogP contribution in [0.25, 0.3) is 11.3 Å². The Bertz CT molecular complexity index is 929. The van der Waals surface area contributed by atoms with Gasteiger partial charge in [-0.2, -0.15) is 10.2 Å². The van der Waals surface area contributed by atoms with E-state index in [9.17, 15) is 4.79 Å². The van der Waals surface area contributed by atoms with Gasteiger partial charge < -0.3 is 4.74 Å². The lowest BCUT2D eigenvalue weighted by atomic mass is 10.1. The zero-order valence-corrected chi connectivity index (χ0v) is 15.4. The summed E-state index contributed by atoms with van der Waals surface area (Å²) in [7, 11) is 0. The minimum absolute atomic E-state index is 0.347. The molecule has 0 aliphatic rings. The van der Waals surface area contributed by atoms with E-state index in [4.69, 9.17) is 4.74 Å². The molecule has 0 spiro atoms. The maximum absolute atomic E-state index is 12.3. The van der Waals surface area contributed by atoms with Crippen LogP contribution in [0, 0.1) is 0 Å². The second kappa shape index (κ2) is 8.80. The molecule has 138 valence electrons. The van der Waals surface area contributed by atoms with Crippen molar-refractivity contribution in [2.24, 2.45) is 5.10 Å². The highest BCUT2D eigenvalue weighted by atomic mass is 16.5. The van der Waals surface area contributed by atoms with Crippen molar-refractivity contribution in [3.05, 3.63) is 71.4 Å². The Balaban J connectivity index is 1.66. The van der Waals surface area contributed by atoms with Crippen LogP contribution in [0.3, 0.4) is 0 Å². The van der Waals surface area contributed by atoms with E-state index in [2.05, 4.69) is 39.8 Å². The molecule has 1 aromatic heterocycles. The smallest absolute Gasteiger partial charge is 0.289 e. The van der Waals surface area contributed by atoms with Crippen molar-refractivity contribution >= 4 is 12.1 Å². The van der Waals surface area contributed by atoms with Gasteiger partial charge in [-0.25, -0.2) is 5.43 Å². The molecule has 3 aromatic rings. The van der Waals surface area contributed by atoms with Gasteiger partial charge in [-0.1, -0.05) is 43.3 Å². The number of nitrogens with one attached hydrogen (secondary N) is 2. The molecule has 6 heteroatoms. The van der Waals surface area contributed by atoms with Crippen molar-refractivity contribution in [2.45, 2.75) is 20.3 Å². The Morgan fingerprint density at radius 3 is 2.70 bits per heavy atom. The molecule has 2 N–H and O–H groups in total. The van der Waals surface area contributed by atoms with Gasteiger partial charge in [0.2, 0.25) is 0 Å². The van der Waals surface area contributed by atoms with Gasteiger partial charge in [0, 0.05) is 11.1 Å². The summed E-state index contributed by atoms with van der Waals surface area (Å²) in [4.78, 5) is 12.3. The normalized spacial score (nSPS) is 10.9. The number of aromatic amines is 1. The second-order valence-electron chi connectivity index (χ2n) is 5.89. The fourth-order valence-corrected chi connectivity index (χ4v) is 2.59. The average Bonchev–Trinajstić information content (AvgIpc) is 3.20. The summed E-state index contributed by atoms with van der Waals surface area (Å²) in [6.07, 6.45) is 2.54. The number of hydrogen-bond donors (Lipinski definition) is 2. The van der Waals surface area contributed by atoms with E-state index in [1.54, 1.807) is 12.3 Å². The predicted molar refractivity (Wildman–Crippen MR) is 106 cm³/mol. The second-order valence-corrected chi connectivity index (χ2v) is 5.89. The number of amides is 1. The van der Waals surface area contributed by atoms with E-state index < -0.39 is 0 Å². The number of nitrogens with zero attached hydrogens (tertiary/aromatic N) is 2. The Kier molecular flexibility index (Phi) is 5.99. The van der Waals surface area contributed by atoms with Gasteiger partial charge >= 0.3 is 0 Å². The van der Waals surface area contributed by atoms with Crippen molar-refractivity contribution < 1.29 is 9.53 Å². The molecule has 0 bridgehead atoms. The molecule has 0 aliphatic carbocycles. The lowest BCUT2D eigenvalue weighted by Gasteiger charge is -2.05. The van der Waals surface area contributed by atoms with E-state index >= 15 is 0 Å². The molecule has 0 atom stereocenters. The number of hydrazone groups is 1. The van der Waals surface area contributed by atoms with Gasteiger partial charge in [-0.05, 0) is 37.1 Å². The topological polar surface area (TPSA) is 79.4 Å². The predicted octanol–water partition coefficient (Wildman–Crippen LogP) is 3.80. The van der Waals surface area contributed by atoms with Crippen molar-refractivity contribution in [1.82, 2.24) is 15.6 Å². The summed E-state index contributed by atoms with van der Waals surface area (Å²) < 4.78 is 5.53. The molecular weight excluding hydrogens is 340 g/mol. The van der Waals surface area contributed by atoms with Crippen molar-refractivity contribution in [3.8, 4) is 17.0 Å². The first-order valence-corrected chi connectivity index (χ1v) is 8.91. The highest BCUT2D eigenvalue weighted by molar-refractivity contribution is 5.94. The number of aryl methyl sites for hydroxylation is 1. The van der Waals surface area contributed by atoms with Gasteiger partial charge in [0.15, 0.2) is 0 Å². The van der Waals surface area contributed by atoms with E-state index in [1.807, 2.05) is 43.3 Å². The number of carbonyl (C=O) groups excluding carboxylic acids is 1. The third kappa shape index (κ3) is 4.61. The Morgan fingerprint density at radius 1 is 1.19 bits per heavy atom. The van der Waals surface area contributed by atoms with E-state index in [0.717, 1.165) is 23.3 Å². The minimum atomic E-state index is -0.357. The lowest BCUT2D eigenvalue weighted by molar-refractivity contribution is 0.0950. The Labute approximate surface area is 158 Å². The first kappa shape index (κ1) is 18.4. The third-order valence-corrected chi connectivity index (χ3v) is 4.07. The van der Waals surface area contributed by atoms with Crippen LogP contribution in [-0.2, 0) is 6.42 Å². The summed E-state index contributed by atoms with van der Waals surface area (Å²) >= 11 is 0. The number of carbonyl (C=O) groups is 1. The maximum Gasteiger partial charge on any atom is 0.289 e. The number of hydrogen-bond acceptors (Lipinski definition) is 4. The van der Waals surface area contributed by atoms with Crippen LogP contribution in [0.1, 0.15) is 35.5 Å². The zero-order valence-electron chi connectivity index (χ0n) is 15.4. The van der Waals surface area contributed by atoms with Gasteiger partial charge in [0.05, 0.1) is 18.5 Å². The molecule has 1 amide bonds. The quantitative estimate of drug-likeness (QED) is 0.495. The van der Waals surface area contributed by atoms with Gasteiger partial charge in [0.25, 0.3) is 5.91 Å². The third-order valence-electron chi connectivity index (χ3n) is 4.07. The zero-order chi connectivity index (χ0) is 19.1. The Morgan fingerprint density at radius 2 is 1.96 bits per heavy atom. The average molecular weight is 362 g/mol. The van der Waals surface area contributed by atoms with Crippen LogP contribution in [0.5, 0.6) is 5.75 Å². The van der Waals surface area contributed by atoms with Crippen LogP contribution in [0.2, 0.25) is 0 Å². The number of benzene rings is 2. The number of H-pyrrole nitrogens is 1. The molecule has 0 radical (unpaired) electrons. The SMILES string of the molecule is CCOc1ccccc1C=NNC(=O)c1cc(-c2ccc(CC)cc2)n[nH]1. The first-order chi connectivity index (χ1) is 13.2. The molecule has 0 unspecified atom stereocenters. The number of aromatic nitrogens is 2. The van der Waals surface area contributed by atoms with Crippen LogP contribution in [0.15, 0.2) is 59.7 Å². The van der Waals surface area contributed by atoms with Crippen LogP contribution < -0.4 is 10.2 Å². The summed E-state index contributed by atoms with van der Waals surface area (Å²) in [5.41, 5.74) is 6.57.